The number of benzene rings is 1. The van der Waals surface area contributed by atoms with Gasteiger partial charge in [-0.25, -0.2) is 4.98 Å². The molecule has 3 rings (SSSR count). The summed E-state index contributed by atoms with van der Waals surface area (Å²) in [6.07, 6.45) is 2.24. The summed E-state index contributed by atoms with van der Waals surface area (Å²) in [5.41, 5.74) is 9.47. The lowest BCUT2D eigenvalue weighted by Gasteiger charge is -2.32. The third-order valence-corrected chi connectivity index (χ3v) is 3.72. The second-order valence-corrected chi connectivity index (χ2v) is 5.48. The van der Waals surface area contributed by atoms with E-state index in [-0.39, 0.29) is 0 Å². The van der Waals surface area contributed by atoms with E-state index in [9.17, 15) is 0 Å². The number of nitrogens with one attached hydrogen (secondary N) is 1. The van der Waals surface area contributed by atoms with Crippen LogP contribution in [-0.2, 0) is 0 Å². The second kappa shape index (κ2) is 3.84. The van der Waals surface area contributed by atoms with Crippen LogP contribution >= 0.6 is 0 Å². The van der Waals surface area contributed by atoms with Crippen LogP contribution in [0.3, 0.4) is 0 Å². The summed E-state index contributed by atoms with van der Waals surface area (Å²) < 4.78 is 0. The molecule has 1 fully saturated rings. The highest BCUT2D eigenvalue weighted by Crippen LogP contribution is 2.36. The van der Waals surface area contributed by atoms with Gasteiger partial charge in [-0.05, 0) is 36.5 Å². The van der Waals surface area contributed by atoms with E-state index < -0.39 is 0 Å². The lowest BCUT2D eigenvalue weighted by Crippen LogP contribution is -2.34. The molecule has 0 saturated heterocycles. The van der Waals surface area contributed by atoms with E-state index in [2.05, 4.69) is 42.0 Å². The molecule has 3 nitrogen and oxygen atoms in total. The van der Waals surface area contributed by atoms with Crippen molar-refractivity contribution < 1.29 is 0 Å². The van der Waals surface area contributed by atoms with Crippen molar-refractivity contribution in [1.82, 2.24) is 9.97 Å². The molecule has 1 aliphatic carbocycles. The lowest BCUT2D eigenvalue weighted by molar-refractivity contribution is 0.352. The maximum absolute atomic E-state index is 5.84. The molecule has 2 aromatic rings. The number of hydrogen-bond acceptors (Lipinski definition) is 2. The number of fused-ring (bicyclic) bond motifs is 1. The van der Waals surface area contributed by atoms with Gasteiger partial charge in [-0.2, -0.15) is 0 Å². The molecule has 0 atom stereocenters. The Labute approximate surface area is 101 Å². The van der Waals surface area contributed by atoms with Crippen molar-refractivity contribution in [2.45, 2.75) is 44.6 Å². The van der Waals surface area contributed by atoms with Crippen molar-refractivity contribution in [2.24, 2.45) is 5.73 Å². The molecule has 1 aliphatic rings. The van der Waals surface area contributed by atoms with Gasteiger partial charge in [0.05, 0.1) is 11.0 Å². The van der Waals surface area contributed by atoms with Crippen LogP contribution in [0.5, 0.6) is 0 Å². The first kappa shape index (κ1) is 10.8. The zero-order chi connectivity index (χ0) is 12.0. The van der Waals surface area contributed by atoms with Gasteiger partial charge in [0, 0.05) is 12.0 Å². The van der Waals surface area contributed by atoms with Gasteiger partial charge in [0.15, 0.2) is 0 Å². The Morgan fingerprint density at radius 3 is 2.76 bits per heavy atom. The Hall–Kier alpha value is -1.35. The van der Waals surface area contributed by atoms with Crippen molar-refractivity contribution in [3.63, 3.8) is 0 Å². The number of nitrogens with two attached hydrogens (primary N) is 1. The van der Waals surface area contributed by atoms with Crippen LogP contribution in [-0.4, -0.2) is 16.0 Å². The molecule has 0 radical (unpaired) electrons. The third kappa shape index (κ3) is 1.84. The quantitative estimate of drug-likeness (QED) is 0.832. The number of aromatic amines is 1. The summed E-state index contributed by atoms with van der Waals surface area (Å²) in [5, 5.41) is 0. The first-order chi connectivity index (χ1) is 8.13. The standard InChI is InChI=1S/C14H19N3/c1-8(2)14-16-12-4-3-9(7-13(12)17-14)10-5-11(15)6-10/h3-4,7-8,10-11H,5-6,15H2,1-2H3,(H,16,17). The minimum atomic E-state index is 0.406. The van der Waals surface area contributed by atoms with Crippen molar-refractivity contribution in [3.8, 4) is 0 Å². The van der Waals surface area contributed by atoms with E-state index >= 15 is 0 Å². The zero-order valence-electron chi connectivity index (χ0n) is 10.4. The molecule has 0 bridgehead atoms. The van der Waals surface area contributed by atoms with Crippen LogP contribution in [0.4, 0.5) is 0 Å². The van der Waals surface area contributed by atoms with Gasteiger partial charge < -0.3 is 10.7 Å². The number of aromatic nitrogens is 2. The number of rotatable bonds is 2. The number of H-pyrrole nitrogens is 1. The van der Waals surface area contributed by atoms with Crippen molar-refractivity contribution in [3.05, 3.63) is 29.6 Å². The van der Waals surface area contributed by atoms with E-state index in [0.717, 1.165) is 29.7 Å². The number of nitrogens with zero attached hydrogens (tertiary/aromatic N) is 1. The van der Waals surface area contributed by atoms with Crippen LogP contribution in [0.1, 0.15) is 49.9 Å². The van der Waals surface area contributed by atoms with Crippen LogP contribution < -0.4 is 5.73 Å². The smallest absolute Gasteiger partial charge is 0.109 e. The summed E-state index contributed by atoms with van der Waals surface area (Å²) in [6, 6.07) is 6.97. The average molecular weight is 229 g/mol. The molecule has 17 heavy (non-hydrogen) atoms. The van der Waals surface area contributed by atoms with Crippen LogP contribution in [0.15, 0.2) is 18.2 Å². The lowest BCUT2D eigenvalue weighted by atomic mass is 9.76. The highest BCUT2D eigenvalue weighted by Gasteiger charge is 2.27. The van der Waals surface area contributed by atoms with Crippen molar-refractivity contribution in [1.29, 1.82) is 0 Å². The minimum absolute atomic E-state index is 0.406. The maximum atomic E-state index is 5.84. The number of imidazole rings is 1. The molecule has 90 valence electrons. The fraction of sp³-hybridized carbons (Fsp3) is 0.500. The molecular weight excluding hydrogens is 210 g/mol. The first-order valence-corrected chi connectivity index (χ1v) is 6.38. The van der Waals surface area contributed by atoms with E-state index in [4.69, 9.17) is 5.73 Å². The molecule has 3 heteroatoms. The van der Waals surface area contributed by atoms with Gasteiger partial charge in [-0.1, -0.05) is 19.9 Å². The highest BCUT2D eigenvalue weighted by molar-refractivity contribution is 5.76. The van der Waals surface area contributed by atoms with Crippen molar-refractivity contribution >= 4 is 11.0 Å². The Bertz CT molecular complexity index is 535. The Balaban J connectivity index is 1.95. The second-order valence-electron chi connectivity index (χ2n) is 5.48. The van der Waals surface area contributed by atoms with E-state index in [1.165, 1.54) is 5.56 Å². The summed E-state index contributed by atoms with van der Waals surface area (Å²) >= 11 is 0. The molecule has 0 aliphatic heterocycles. The Morgan fingerprint density at radius 2 is 2.12 bits per heavy atom. The molecular formula is C14H19N3. The van der Waals surface area contributed by atoms with Gasteiger partial charge in [0.2, 0.25) is 0 Å². The minimum Gasteiger partial charge on any atom is -0.342 e. The topological polar surface area (TPSA) is 54.7 Å². The maximum Gasteiger partial charge on any atom is 0.109 e. The normalized spacial score (nSPS) is 24.2. The Kier molecular flexibility index (Phi) is 2.44. The predicted molar refractivity (Wildman–Crippen MR) is 70.1 cm³/mol. The Morgan fingerprint density at radius 1 is 1.35 bits per heavy atom. The summed E-state index contributed by atoms with van der Waals surface area (Å²) in [7, 11) is 0. The summed E-state index contributed by atoms with van der Waals surface area (Å²) in [5.74, 6) is 2.17. The molecule has 1 aromatic carbocycles. The molecule has 0 spiro atoms. The summed E-state index contributed by atoms with van der Waals surface area (Å²) in [4.78, 5) is 8.00. The summed E-state index contributed by atoms with van der Waals surface area (Å²) in [6.45, 7) is 4.31. The molecule has 1 aromatic heterocycles. The van der Waals surface area contributed by atoms with Gasteiger partial charge in [0.25, 0.3) is 0 Å². The van der Waals surface area contributed by atoms with Crippen molar-refractivity contribution in [2.75, 3.05) is 0 Å². The average Bonchev–Trinajstić information content (AvgIpc) is 2.67. The molecule has 1 saturated carbocycles. The fourth-order valence-corrected chi connectivity index (χ4v) is 2.51. The SMILES string of the molecule is CC(C)c1nc2ccc(C3CC(N)C3)cc2[nH]1. The third-order valence-electron chi connectivity index (χ3n) is 3.72. The number of hydrogen-bond donors (Lipinski definition) is 2. The predicted octanol–water partition coefficient (Wildman–Crippen LogP) is 2.89. The van der Waals surface area contributed by atoms with Gasteiger partial charge in [0.1, 0.15) is 5.82 Å². The monoisotopic (exact) mass is 229 g/mol. The van der Waals surface area contributed by atoms with Crippen LogP contribution in [0.2, 0.25) is 0 Å². The van der Waals surface area contributed by atoms with E-state index in [0.29, 0.717) is 17.9 Å². The highest BCUT2D eigenvalue weighted by atomic mass is 14.9. The molecule has 0 unspecified atom stereocenters. The zero-order valence-corrected chi connectivity index (χ0v) is 10.4. The molecule has 1 heterocycles. The molecule has 3 N–H and O–H groups in total. The van der Waals surface area contributed by atoms with Gasteiger partial charge in [-0.3, -0.25) is 0 Å². The van der Waals surface area contributed by atoms with E-state index in [1.807, 2.05) is 0 Å². The van der Waals surface area contributed by atoms with Crippen LogP contribution in [0, 0.1) is 0 Å². The van der Waals surface area contributed by atoms with Gasteiger partial charge >= 0.3 is 0 Å². The first-order valence-electron chi connectivity index (χ1n) is 6.38. The fourth-order valence-electron chi connectivity index (χ4n) is 2.51. The van der Waals surface area contributed by atoms with E-state index in [1.54, 1.807) is 0 Å². The van der Waals surface area contributed by atoms with Crippen LogP contribution in [0.25, 0.3) is 11.0 Å². The molecule has 0 amide bonds. The van der Waals surface area contributed by atoms with Gasteiger partial charge in [-0.15, -0.1) is 0 Å². The largest absolute Gasteiger partial charge is 0.342 e.